The smallest absolute Gasteiger partial charge is 0.131 e. The van der Waals surface area contributed by atoms with Crippen molar-refractivity contribution in [1.29, 1.82) is 0 Å². The van der Waals surface area contributed by atoms with Crippen molar-refractivity contribution in [3.63, 3.8) is 0 Å². The topological polar surface area (TPSA) is 92.5 Å². The van der Waals surface area contributed by atoms with Gasteiger partial charge in [0.15, 0.2) is 0 Å². The van der Waals surface area contributed by atoms with Crippen LogP contribution in [0.2, 0.25) is 0 Å². The molecule has 0 heterocycles. The lowest BCUT2D eigenvalue weighted by molar-refractivity contribution is 0.276. The Hall–Kier alpha value is -2.98. The molecule has 3 aromatic carbocycles. The molecule has 3 aromatic rings. The predicted octanol–water partition coefficient (Wildman–Crippen LogP) is 3.38. The predicted molar refractivity (Wildman–Crippen MR) is 93.7 cm³/mol. The minimum absolute atomic E-state index is 0.0377. The molecule has 0 amide bonds. The Labute approximate surface area is 134 Å². The highest BCUT2D eigenvalue weighted by Gasteiger charge is 2.22. The average molecular weight is 306 g/mol. The number of hydrogen-bond donors (Lipinski definition) is 4. The second-order valence-electron chi connectivity index (χ2n) is 5.29. The molecule has 0 spiro atoms. The van der Waals surface area contributed by atoms with Crippen molar-refractivity contribution < 1.29 is 10.2 Å². The van der Waals surface area contributed by atoms with Gasteiger partial charge in [0.25, 0.3) is 0 Å². The highest BCUT2D eigenvalue weighted by molar-refractivity contribution is 6.00. The summed E-state index contributed by atoms with van der Waals surface area (Å²) < 4.78 is 0. The third-order valence-electron chi connectivity index (χ3n) is 3.94. The van der Waals surface area contributed by atoms with Crippen molar-refractivity contribution in [2.75, 3.05) is 11.5 Å². The van der Waals surface area contributed by atoms with Gasteiger partial charge in [-0.2, -0.15) is 0 Å². The summed E-state index contributed by atoms with van der Waals surface area (Å²) in [5.41, 5.74) is 16.0. The maximum Gasteiger partial charge on any atom is 0.131 e. The lowest BCUT2D eigenvalue weighted by atomic mass is 9.89. The number of nitrogen functional groups attached to an aromatic ring is 2. The Bertz CT molecular complexity index is 831. The largest absolute Gasteiger partial charge is 0.507 e. The van der Waals surface area contributed by atoms with E-state index < -0.39 is 0 Å². The molecule has 0 fully saturated rings. The fraction of sp³-hybridized carbons (Fsp3) is 0.0526. The fourth-order valence-corrected chi connectivity index (χ4v) is 2.78. The zero-order chi connectivity index (χ0) is 16.4. The van der Waals surface area contributed by atoms with Crippen molar-refractivity contribution in [3.05, 3.63) is 66.2 Å². The number of anilines is 2. The molecule has 0 aliphatic carbocycles. The van der Waals surface area contributed by atoms with E-state index >= 15 is 0 Å². The number of nitrogens with two attached hydrogens (primary N) is 2. The van der Waals surface area contributed by atoms with Gasteiger partial charge < -0.3 is 21.7 Å². The van der Waals surface area contributed by atoms with Crippen LogP contribution < -0.4 is 11.5 Å². The molecule has 0 saturated carbocycles. The molecule has 0 atom stereocenters. The molecule has 0 aliphatic heterocycles. The Kier molecular flexibility index (Phi) is 3.91. The van der Waals surface area contributed by atoms with Crippen molar-refractivity contribution in [3.8, 4) is 28.0 Å². The number of rotatable bonds is 3. The van der Waals surface area contributed by atoms with E-state index in [2.05, 4.69) is 0 Å². The Morgan fingerprint density at radius 1 is 0.696 bits per heavy atom. The quantitative estimate of drug-likeness (QED) is 0.441. The van der Waals surface area contributed by atoms with Crippen LogP contribution in [0.15, 0.2) is 60.7 Å². The Morgan fingerprint density at radius 3 is 1.65 bits per heavy atom. The van der Waals surface area contributed by atoms with Gasteiger partial charge in [-0.15, -0.1) is 0 Å². The van der Waals surface area contributed by atoms with Crippen LogP contribution in [0, 0.1) is 0 Å². The first-order chi connectivity index (χ1) is 11.1. The number of benzene rings is 3. The van der Waals surface area contributed by atoms with E-state index in [0.29, 0.717) is 16.8 Å². The van der Waals surface area contributed by atoms with E-state index in [1.165, 1.54) is 0 Å². The summed E-state index contributed by atoms with van der Waals surface area (Å²) in [7, 11) is 0. The molecule has 116 valence electrons. The van der Waals surface area contributed by atoms with Gasteiger partial charge >= 0.3 is 0 Å². The Balaban J connectivity index is 2.43. The SMILES string of the molecule is Nc1c(N)c(-c2ccccc2)c(-c2ccccc2)c(O)c1CO. The van der Waals surface area contributed by atoms with Crippen LogP contribution >= 0.6 is 0 Å². The van der Waals surface area contributed by atoms with Crippen LogP contribution in [-0.4, -0.2) is 10.2 Å². The van der Waals surface area contributed by atoms with Gasteiger partial charge in [-0.1, -0.05) is 60.7 Å². The van der Waals surface area contributed by atoms with Crippen LogP contribution in [0.5, 0.6) is 5.75 Å². The molecule has 4 heteroatoms. The summed E-state index contributed by atoms with van der Waals surface area (Å²) in [4.78, 5) is 0. The van der Waals surface area contributed by atoms with Gasteiger partial charge in [-0.3, -0.25) is 0 Å². The fourth-order valence-electron chi connectivity index (χ4n) is 2.78. The molecule has 23 heavy (non-hydrogen) atoms. The summed E-state index contributed by atoms with van der Waals surface area (Å²) in [6, 6.07) is 19.0. The van der Waals surface area contributed by atoms with Gasteiger partial charge in [0, 0.05) is 16.7 Å². The zero-order valence-electron chi connectivity index (χ0n) is 12.5. The van der Waals surface area contributed by atoms with Crippen LogP contribution in [0.4, 0.5) is 11.4 Å². The first-order valence-corrected chi connectivity index (χ1v) is 7.29. The highest BCUT2D eigenvalue weighted by atomic mass is 16.3. The minimum Gasteiger partial charge on any atom is -0.507 e. The van der Waals surface area contributed by atoms with E-state index in [1.54, 1.807) is 0 Å². The van der Waals surface area contributed by atoms with Crippen molar-refractivity contribution in [2.24, 2.45) is 0 Å². The summed E-state index contributed by atoms with van der Waals surface area (Å²) in [5, 5.41) is 20.3. The Morgan fingerprint density at radius 2 is 1.17 bits per heavy atom. The molecule has 3 rings (SSSR count). The molecular formula is C19H18N2O2. The third-order valence-corrected chi connectivity index (χ3v) is 3.94. The van der Waals surface area contributed by atoms with E-state index in [-0.39, 0.29) is 23.6 Å². The van der Waals surface area contributed by atoms with Crippen LogP contribution in [0.25, 0.3) is 22.3 Å². The second-order valence-corrected chi connectivity index (χ2v) is 5.29. The first-order valence-electron chi connectivity index (χ1n) is 7.29. The van der Waals surface area contributed by atoms with Gasteiger partial charge in [0.05, 0.1) is 18.0 Å². The van der Waals surface area contributed by atoms with Crippen molar-refractivity contribution in [1.82, 2.24) is 0 Å². The molecule has 6 N–H and O–H groups in total. The van der Waals surface area contributed by atoms with Crippen LogP contribution in [-0.2, 0) is 6.61 Å². The molecule has 0 aromatic heterocycles. The van der Waals surface area contributed by atoms with Crippen molar-refractivity contribution >= 4 is 11.4 Å². The summed E-state index contributed by atoms with van der Waals surface area (Å²) in [6.45, 7) is -0.378. The first kappa shape index (κ1) is 14.9. The monoisotopic (exact) mass is 306 g/mol. The molecule has 0 saturated heterocycles. The molecule has 0 radical (unpaired) electrons. The van der Waals surface area contributed by atoms with Gasteiger partial charge in [-0.25, -0.2) is 0 Å². The number of aliphatic hydroxyl groups excluding tert-OH is 1. The molecule has 0 unspecified atom stereocenters. The summed E-state index contributed by atoms with van der Waals surface area (Å²) >= 11 is 0. The number of aromatic hydroxyl groups is 1. The van der Waals surface area contributed by atoms with E-state index in [0.717, 1.165) is 11.1 Å². The maximum atomic E-state index is 10.7. The molecule has 0 bridgehead atoms. The minimum atomic E-state index is -0.378. The van der Waals surface area contributed by atoms with Gasteiger partial charge in [0.1, 0.15) is 5.75 Å². The molecule has 0 aliphatic rings. The van der Waals surface area contributed by atoms with Gasteiger partial charge in [0.2, 0.25) is 0 Å². The molecular weight excluding hydrogens is 288 g/mol. The highest BCUT2D eigenvalue weighted by Crippen LogP contribution is 2.47. The van der Waals surface area contributed by atoms with Gasteiger partial charge in [-0.05, 0) is 11.1 Å². The summed E-state index contributed by atoms with van der Waals surface area (Å²) in [6.07, 6.45) is 0. The lowest BCUT2D eigenvalue weighted by Crippen LogP contribution is -2.05. The van der Waals surface area contributed by atoms with Crippen LogP contribution in [0.1, 0.15) is 5.56 Å². The van der Waals surface area contributed by atoms with E-state index in [9.17, 15) is 10.2 Å². The van der Waals surface area contributed by atoms with Crippen molar-refractivity contribution in [2.45, 2.75) is 6.61 Å². The third kappa shape index (κ3) is 2.49. The number of hydrogen-bond acceptors (Lipinski definition) is 4. The average Bonchev–Trinajstić information content (AvgIpc) is 2.60. The maximum absolute atomic E-state index is 10.7. The lowest BCUT2D eigenvalue weighted by Gasteiger charge is -2.20. The summed E-state index contributed by atoms with van der Waals surface area (Å²) in [5.74, 6) is -0.0377. The zero-order valence-corrected chi connectivity index (χ0v) is 12.5. The van der Waals surface area contributed by atoms with E-state index in [1.807, 2.05) is 60.7 Å². The molecule has 4 nitrogen and oxygen atoms in total. The standard InChI is InChI=1S/C19H18N2O2/c20-17-14(11-22)19(23)16(13-9-5-2-6-10-13)15(18(17)21)12-7-3-1-4-8-12/h1-10,22-23H,11,20-21H2. The van der Waals surface area contributed by atoms with Crippen LogP contribution in [0.3, 0.4) is 0 Å². The normalized spacial score (nSPS) is 10.7. The second kappa shape index (κ2) is 6.02. The van der Waals surface area contributed by atoms with E-state index in [4.69, 9.17) is 11.5 Å². The number of aliphatic hydroxyl groups is 1. The number of phenols is 1.